The number of aromatic nitrogens is 4. The van der Waals surface area contributed by atoms with Gasteiger partial charge in [0.2, 0.25) is 5.89 Å². The second kappa shape index (κ2) is 9.75. The fraction of sp³-hybridized carbons (Fsp3) is 0.278. The number of hydrogen-bond acceptors (Lipinski definition) is 8. The van der Waals surface area contributed by atoms with Crippen LogP contribution in [0.25, 0.3) is 11.5 Å². The Morgan fingerprint density at radius 1 is 1.39 bits per heavy atom. The highest BCUT2D eigenvalue weighted by Gasteiger charge is 2.20. The number of hydrogen-bond donors (Lipinski definition) is 3. The molecular weight excluding hydrogens is 416 g/mol. The lowest BCUT2D eigenvalue weighted by Gasteiger charge is -2.05. The second-order valence-electron chi connectivity index (χ2n) is 6.21. The highest BCUT2D eigenvalue weighted by molar-refractivity contribution is 6.07. The molecule has 0 aliphatic carbocycles. The highest BCUT2D eigenvalue weighted by Crippen LogP contribution is 2.22. The van der Waals surface area contributed by atoms with Gasteiger partial charge in [-0.3, -0.25) is 14.3 Å². The number of anilines is 2. The molecule has 0 spiro atoms. The zero-order valence-electron chi connectivity index (χ0n) is 16.3. The molecule has 0 aliphatic rings. The van der Waals surface area contributed by atoms with Gasteiger partial charge < -0.3 is 25.5 Å². The molecule has 0 aliphatic heterocycles. The Balaban J connectivity index is 1.75. The van der Waals surface area contributed by atoms with E-state index in [0.717, 1.165) is 17.1 Å². The minimum Gasteiger partial charge on any atom is -0.444 e. The van der Waals surface area contributed by atoms with Gasteiger partial charge in [-0.1, -0.05) is 0 Å². The van der Waals surface area contributed by atoms with Crippen LogP contribution in [-0.4, -0.2) is 58.2 Å². The average Bonchev–Trinajstić information content (AvgIpc) is 3.35. The molecule has 11 nitrogen and oxygen atoms in total. The normalized spacial score (nSPS) is 11.0. The molecule has 31 heavy (non-hydrogen) atoms. The standard InChI is InChI=1S/C18H19F2N7O4/c1-30-5-4-23-14-6-10(2-3-22-14)18-25-12(9-31-18)17(29)24-11-7-27(8-13(19)20)26-15(11)16(21)28/h2-3,6-7,9,13H,4-5,8H2,1H3,(H2,21,28)(H,22,23)(H,24,29). The van der Waals surface area contributed by atoms with Crippen molar-refractivity contribution in [3.8, 4) is 11.5 Å². The van der Waals surface area contributed by atoms with E-state index in [1.165, 1.54) is 0 Å². The zero-order valence-corrected chi connectivity index (χ0v) is 16.3. The van der Waals surface area contributed by atoms with Crippen molar-refractivity contribution in [2.45, 2.75) is 13.0 Å². The number of ether oxygens (including phenoxy) is 1. The summed E-state index contributed by atoms with van der Waals surface area (Å²) in [6.45, 7) is 0.289. The van der Waals surface area contributed by atoms with Crippen molar-refractivity contribution in [3.05, 3.63) is 42.2 Å². The lowest BCUT2D eigenvalue weighted by atomic mass is 10.2. The Hall–Kier alpha value is -3.87. The number of primary amides is 1. The molecule has 3 rings (SSSR count). The van der Waals surface area contributed by atoms with Crippen LogP contribution >= 0.6 is 0 Å². The van der Waals surface area contributed by atoms with Crippen LogP contribution in [0.2, 0.25) is 0 Å². The Morgan fingerprint density at radius 2 is 2.19 bits per heavy atom. The van der Waals surface area contributed by atoms with Crippen LogP contribution in [0, 0.1) is 0 Å². The number of methoxy groups -OCH3 is 1. The number of carbonyl (C=O) groups is 2. The molecule has 0 aromatic carbocycles. The topological polar surface area (TPSA) is 150 Å². The molecule has 0 saturated heterocycles. The van der Waals surface area contributed by atoms with Gasteiger partial charge in [-0.25, -0.2) is 18.7 Å². The third-order valence-electron chi connectivity index (χ3n) is 3.92. The minimum absolute atomic E-state index is 0.0993. The van der Waals surface area contributed by atoms with Gasteiger partial charge in [0.25, 0.3) is 18.2 Å². The molecule has 0 radical (unpaired) electrons. The number of alkyl halides is 2. The third-order valence-corrected chi connectivity index (χ3v) is 3.92. The molecule has 3 aromatic rings. The maximum absolute atomic E-state index is 12.6. The quantitative estimate of drug-likeness (QED) is 0.407. The van der Waals surface area contributed by atoms with Crippen molar-refractivity contribution in [1.29, 1.82) is 0 Å². The Bertz CT molecular complexity index is 1070. The molecule has 3 aromatic heterocycles. The fourth-order valence-corrected chi connectivity index (χ4v) is 2.57. The number of nitrogens with two attached hydrogens (primary N) is 1. The molecule has 13 heteroatoms. The number of halogens is 2. The lowest BCUT2D eigenvalue weighted by Crippen LogP contribution is -2.18. The number of nitrogens with zero attached hydrogens (tertiary/aromatic N) is 4. The summed E-state index contributed by atoms with van der Waals surface area (Å²) in [6, 6.07) is 3.33. The summed E-state index contributed by atoms with van der Waals surface area (Å²) < 4.78 is 36.3. The summed E-state index contributed by atoms with van der Waals surface area (Å²) in [5.74, 6) is -0.988. The number of pyridine rings is 1. The summed E-state index contributed by atoms with van der Waals surface area (Å²) in [4.78, 5) is 32.3. The first-order chi connectivity index (χ1) is 14.9. The molecule has 0 fully saturated rings. The Kier molecular flexibility index (Phi) is 6.87. The third kappa shape index (κ3) is 5.60. The van der Waals surface area contributed by atoms with Gasteiger partial charge in [-0.2, -0.15) is 5.10 Å². The maximum Gasteiger partial charge on any atom is 0.277 e. The van der Waals surface area contributed by atoms with Gasteiger partial charge in [0.05, 0.1) is 12.3 Å². The van der Waals surface area contributed by atoms with E-state index in [-0.39, 0.29) is 23.0 Å². The molecule has 0 unspecified atom stereocenters. The molecular formula is C18H19F2N7O4. The number of carbonyl (C=O) groups excluding carboxylic acids is 2. The van der Waals surface area contributed by atoms with Gasteiger partial charge in [0, 0.05) is 31.6 Å². The van der Waals surface area contributed by atoms with Gasteiger partial charge in [-0.05, 0) is 12.1 Å². The highest BCUT2D eigenvalue weighted by atomic mass is 19.3. The van der Waals surface area contributed by atoms with Crippen molar-refractivity contribution < 1.29 is 27.5 Å². The van der Waals surface area contributed by atoms with E-state index in [1.54, 1.807) is 25.4 Å². The van der Waals surface area contributed by atoms with Crippen LogP contribution in [0.3, 0.4) is 0 Å². The minimum atomic E-state index is -2.70. The molecule has 3 heterocycles. The van der Waals surface area contributed by atoms with Crippen molar-refractivity contribution in [1.82, 2.24) is 19.7 Å². The van der Waals surface area contributed by atoms with E-state index in [1.807, 2.05) is 0 Å². The van der Waals surface area contributed by atoms with Crippen molar-refractivity contribution >= 4 is 23.3 Å². The van der Waals surface area contributed by atoms with Crippen molar-refractivity contribution in [3.63, 3.8) is 0 Å². The van der Waals surface area contributed by atoms with Crippen LogP contribution in [0.4, 0.5) is 20.3 Å². The van der Waals surface area contributed by atoms with E-state index >= 15 is 0 Å². The number of nitrogens with one attached hydrogen (secondary N) is 2. The molecule has 2 amide bonds. The monoisotopic (exact) mass is 435 g/mol. The Labute approximate surface area is 174 Å². The molecule has 0 atom stereocenters. The summed E-state index contributed by atoms with van der Waals surface area (Å²) in [5.41, 5.74) is 5.21. The van der Waals surface area contributed by atoms with Gasteiger partial charge in [-0.15, -0.1) is 0 Å². The van der Waals surface area contributed by atoms with Crippen LogP contribution in [-0.2, 0) is 11.3 Å². The summed E-state index contributed by atoms with van der Waals surface area (Å²) in [5, 5.41) is 9.11. The van der Waals surface area contributed by atoms with E-state index in [0.29, 0.717) is 24.5 Å². The molecule has 4 N–H and O–H groups in total. The predicted octanol–water partition coefficient (Wildman–Crippen LogP) is 1.61. The summed E-state index contributed by atoms with van der Waals surface area (Å²) in [6.07, 6.45) is 1.06. The van der Waals surface area contributed by atoms with Crippen LogP contribution < -0.4 is 16.4 Å². The smallest absolute Gasteiger partial charge is 0.277 e. The summed E-state index contributed by atoms with van der Waals surface area (Å²) >= 11 is 0. The largest absolute Gasteiger partial charge is 0.444 e. The Morgan fingerprint density at radius 3 is 2.90 bits per heavy atom. The van der Waals surface area contributed by atoms with Crippen LogP contribution in [0.15, 0.2) is 35.2 Å². The zero-order chi connectivity index (χ0) is 22.4. The van der Waals surface area contributed by atoms with Crippen LogP contribution in [0.5, 0.6) is 0 Å². The number of rotatable bonds is 10. The van der Waals surface area contributed by atoms with Crippen molar-refractivity contribution in [2.24, 2.45) is 5.73 Å². The van der Waals surface area contributed by atoms with E-state index in [4.69, 9.17) is 14.9 Å². The lowest BCUT2D eigenvalue weighted by molar-refractivity contribution is 0.0989. The van der Waals surface area contributed by atoms with E-state index < -0.39 is 24.8 Å². The van der Waals surface area contributed by atoms with E-state index in [2.05, 4.69) is 25.7 Å². The fourth-order valence-electron chi connectivity index (χ4n) is 2.57. The molecule has 164 valence electrons. The average molecular weight is 435 g/mol. The number of amides is 2. The first kappa shape index (κ1) is 21.8. The number of oxazole rings is 1. The maximum atomic E-state index is 12.6. The van der Waals surface area contributed by atoms with Gasteiger partial charge >= 0.3 is 0 Å². The summed E-state index contributed by atoms with van der Waals surface area (Å²) in [7, 11) is 1.58. The first-order valence-corrected chi connectivity index (χ1v) is 8.99. The van der Waals surface area contributed by atoms with Gasteiger partial charge in [0.1, 0.15) is 18.6 Å². The first-order valence-electron chi connectivity index (χ1n) is 8.99. The van der Waals surface area contributed by atoms with Gasteiger partial charge in [0.15, 0.2) is 11.4 Å². The van der Waals surface area contributed by atoms with E-state index in [9.17, 15) is 18.4 Å². The predicted molar refractivity (Wildman–Crippen MR) is 105 cm³/mol. The second-order valence-corrected chi connectivity index (χ2v) is 6.21. The molecule has 0 bridgehead atoms. The van der Waals surface area contributed by atoms with Crippen molar-refractivity contribution in [2.75, 3.05) is 30.9 Å². The molecule has 0 saturated carbocycles. The SMILES string of the molecule is COCCNc1cc(-c2nc(C(=O)Nc3cn(CC(F)F)nc3C(N)=O)co2)ccn1. The van der Waals surface area contributed by atoms with Crippen LogP contribution in [0.1, 0.15) is 21.0 Å².